The third kappa shape index (κ3) is 3.27. The van der Waals surface area contributed by atoms with Crippen molar-refractivity contribution in [2.24, 2.45) is 0 Å². The molecule has 0 radical (unpaired) electrons. The van der Waals surface area contributed by atoms with Gasteiger partial charge in [0.15, 0.2) is 0 Å². The highest BCUT2D eigenvalue weighted by atomic mass is 19.3. The molecule has 0 aliphatic heterocycles. The molecule has 76 valence electrons. The second kappa shape index (κ2) is 4.01. The largest absolute Gasteiger partial charge is 0.380 e. The Hall–Kier alpha value is -0.700. The lowest BCUT2D eigenvalue weighted by Crippen LogP contribution is -2.43. The minimum Gasteiger partial charge on any atom is -0.380 e. The van der Waals surface area contributed by atoms with Gasteiger partial charge in [-0.05, 0) is 20.8 Å². The first kappa shape index (κ1) is 12.3. The van der Waals surface area contributed by atoms with E-state index < -0.39 is 17.9 Å². The summed E-state index contributed by atoms with van der Waals surface area (Å²) in [5, 5.41) is 9.27. The van der Waals surface area contributed by atoms with Gasteiger partial charge in [-0.2, -0.15) is 0 Å². The molecule has 0 amide bonds. The molecule has 1 N–H and O–H groups in total. The van der Waals surface area contributed by atoms with Crippen LogP contribution in [0, 0.1) is 0 Å². The maximum Gasteiger partial charge on any atom is 0.282 e. The summed E-state index contributed by atoms with van der Waals surface area (Å²) in [5.74, 6) is -3.16. The highest BCUT2D eigenvalue weighted by molar-refractivity contribution is 5.07. The first-order chi connectivity index (χ1) is 5.73. The summed E-state index contributed by atoms with van der Waals surface area (Å²) in [6.07, 6.45) is 1.80. The summed E-state index contributed by atoms with van der Waals surface area (Å²) in [6.45, 7) is 7.70. The van der Waals surface area contributed by atoms with Gasteiger partial charge in [-0.3, -0.25) is 0 Å². The molecule has 0 saturated carbocycles. The SMILES string of the molecule is C=C[C@@](C)(O)C(F)(F)CC=C(C)C. The van der Waals surface area contributed by atoms with E-state index >= 15 is 0 Å². The van der Waals surface area contributed by atoms with Crippen molar-refractivity contribution in [1.29, 1.82) is 0 Å². The second-order valence-electron chi connectivity index (χ2n) is 3.54. The highest BCUT2D eigenvalue weighted by Crippen LogP contribution is 2.33. The number of allylic oxidation sites excluding steroid dienone is 2. The quantitative estimate of drug-likeness (QED) is 0.676. The van der Waals surface area contributed by atoms with E-state index in [-0.39, 0.29) is 0 Å². The predicted molar refractivity (Wildman–Crippen MR) is 49.8 cm³/mol. The van der Waals surface area contributed by atoms with Crippen molar-refractivity contribution < 1.29 is 13.9 Å². The molecule has 0 fully saturated rings. The van der Waals surface area contributed by atoms with Crippen molar-refractivity contribution in [1.82, 2.24) is 0 Å². The van der Waals surface area contributed by atoms with Crippen LogP contribution in [0.5, 0.6) is 0 Å². The lowest BCUT2D eigenvalue weighted by molar-refractivity contribution is -0.141. The third-order valence-corrected chi connectivity index (χ3v) is 1.90. The number of hydrogen-bond donors (Lipinski definition) is 1. The van der Waals surface area contributed by atoms with E-state index in [1.165, 1.54) is 6.08 Å². The molecule has 0 rings (SSSR count). The molecular formula is C10H16F2O. The number of hydrogen-bond acceptors (Lipinski definition) is 1. The summed E-state index contributed by atoms with van der Waals surface area (Å²) in [6, 6.07) is 0. The molecule has 3 heteroatoms. The summed E-state index contributed by atoms with van der Waals surface area (Å²) < 4.78 is 26.4. The van der Waals surface area contributed by atoms with Gasteiger partial charge in [-0.15, -0.1) is 6.58 Å². The zero-order chi connectivity index (χ0) is 10.7. The van der Waals surface area contributed by atoms with Gasteiger partial charge in [0.25, 0.3) is 5.92 Å². The first-order valence-corrected chi connectivity index (χ1v) is 4.10. The Bertz CT molecular complexity index is 213. The summed E-state index contributed by atoms with van der Waals surface area (Å²) in [5.41, 5.74) is -1.33. The number of aliphatic hydroxyl groups is 1. The van der Waals surface area contributed by atoms with Gasteiger partial charge in [-0.1, -0.05) is 17.7 Å². The van der Waals surface area contributed by atoms with Gasteiger partial charge in [0.1, 0.15) is 5.60 Å². The smallest absolute Gasteiger partial charge is 0.282 e. The van der Waals surface area contributed by atoms with Crippen LogP contribution in [0.3, 0.4) is 0 Å². The Morgan fingerprint density at radius 3 is 2.23 bits per heavy atom. The van der Waals surface area contributed by atoms with Crippen molar-refractivity contribution in [2.75, 3.05) is 0 Å². The fraction of sp³-hybridized carbons (Fsp3) is 0.600. The van der Waals surface area contributed by atoms with E-state index in [2.05, 4.69) is 6.58 Å². The minimum absolute atomic E-state index is 0.464. The first-order valence-electron chi connectivity index (χ1n) is 4.10. The van der Waals surface area contributed by atoms with Gasteiger partial charge < -0.3 is 5.11 Å². The van der Waals surface area contributed by atoms with E-state index in [0.717, 1.165) is 18.6 Å². The van der Waals surface area contributed by atoms with Gasteiger partial charge in [-0.25, -0.2) is 8.78 Å². The Labute approximate surface area is 77.8 Å². The van der Waals surface area contributed by atoms with Crippen molar-refractivity contribution >= 4 is 0 Å². The van der Waals surface area contributed by atoms with Crippen molar-refractivity contribution in [3.8, 4) is 0 Å². The van der Waals surface area contributed by atoms with Gasteiger partial charge >= 0.3 is 0 Å². The van der Waals surface area contributed by atoms with Crippen molar-refractivity contribution in [3.63, 3.8) is 0 Å². The maximum absolute atomic E-state index is 13.2. The van der Waals surface area contributed by atoms with E-state index in [0.29, 0.717) is 0 Å². The van der Waals surface area contributed by atoms with Crippen LogP contribution in [0.15, 0.2) is 24.3 Å². The number of rotatable bonds is 4. The Balaban J connectivity index is 4.57. The Morgan fingerprint density at radius 1 is 1.46 bits per heavy atom. The zero-order valence-electron chi connectivity index (χ0n) is 8.27. The molecule has 0 aromatic heterocycles. The lowest BCUT2D eigenvalue weighted by atomic mass is 9.95. The summed E-state index contributed by atoms with van der Waals surface area (Å²) >= 11 is 0. The van der Waals surface area contributed by atoms with Crippen LogP contribution in [0.25, 0.3) is 0 Å². The molecule has 0 bridgehead atoms. The van der Waals surface area contributed by atoms with Crippen LogP contribution in [0.2, 0.25) is 0 Å². The van der Waals surface area contributed by atoms with E-state index in [1.54, 1.807) is 13.8 Å². The molecule has 0 unspecified atom stereocenters. The normalized spacial score (nSPS) is 16.2. The maximum atomic E-state index is 13.2. The van der Waals surface area contributed by atoms with Crippen LogP contribution in [0.4, 0.5) is 8.78 Å². The topological polar surface area (TPSA) is 20.2 Å². The van der Waals surface area contributed by atoms with Gasteiger partial charge in [0, 0.05) is 6.42 Å². The average Bonchev–Trinajstić information content (AvgIpc) is 2.01. The fourth-order valence-corrected chi connectivity index (χ4v) is 0.688. The van der Waals surface area contributed by atoms with E-state index in [9.17, 15) is 13.9 Å². The molecular weight excluding hydrogens is 174 g/mol. The summed E-state index contributed by atoms with van der Waals surface area (Å²) in [4.78, 5) is 0. The Morgan fingerprint density at radius 2 is 1.92 bits per heavy atom. The van der Waals surface area contributed by atoms with E-state index in [4.69, 9.17) is 0 Å². The monoisotopic (exact) mass is 190 g/mol. The number of alkyl halides is 2. The molecule has 13 heavy (non-hydrogen) atoms. The fourth-order valence-electron chi connectivity index (χ4n) is 0.688. The number of halogens is 2. The molecule has 0 saturated heterocycles. The lowest BCUT2D eigenvalue weighted by Gasteiger charge is -2.28. The molecule has 1 atom stereocenters. The Kier molecular flexibility index (Phi) is 3.79. The van der Waals surface area contributed by atoms with Gasteiger partial charge in [0.2, 0.25) is 0 Å². The zero-order valence-corrected chi connectivity index (χ0v) is 8.27. The molecule has 0 spiro atoms. The van der Waals surface area contributed by atoms with Crippen molar-refractivity contribution in [2.45, 2.75) is 38.7 Å². The molecule has 0 aliphatic rings. The third-order valence-electron chi connectivity index (χ3n) is 1.90. The van der Waals surface area contributed by atoms with Crippen LogP contribution >= 0.6 is 0 Å². The summed E-state index contributed by atoms with van der Waals surface area (Å²) in [7, 11) is 0. The van der Waals surface area contributed by atoms with Crippen LogP contribution in [-0.4, -0.2) is 16.6 Å². The highest BCUT2D eigenvalue weighted by Gasteiger charge is 2.45. The standard InChI is InChI=1S/C10H16F2O/c1-5-9(4,13)10(11,12)7-6-8(2)3/h5-6,13H,1,7H2,2-4H3/t9-/m1/s1. The average molecular weight is 190 g/mol. The van der Waals surface area contributed by atoms with Crippen LogP contribution in [-0.2, 0) is 0 Å². The minimum atomic E-state index is -3.16. The molecule has 0 heterocycles. The van der Waals surface area contributed by atoms with Crippen molar-refractivity contribution in [3.05, 3.63) is 24.3 Å². The van der Waals surface area contributed by atoms with Crippen LogP contribution < -0.4 is 0 Å². The van der Waals surface area contributed by atoms with Gasteiger partial charge in [0.05, 0.1) is 0 Å². The predicted octanol–water partition coefficient (Wildman–Crippen LogP) is 2.92. The van der Waals surface area contributed by atoms with E-state index in [1.807, 2.05) is 0 Å². The van der Waals surface area contributed by atoms with Crippen LogP contribution in [0.1, 0.15) is 27.2 Å². The molecule has 0 aromatic rings. The molecule has 0 aromatic carbocycles. The molecule has 0 aliphatic carbocycles. The molecule has 1 nitrogen and oxygen atoms in total. The second-order valence-corrected chi connectivity index (χ2v) is 3.54.